The van der Waals surface area contributed by atoms with Gasteiger partial charge in [0.2, 0.25) is 5.95 Å². The molecule has 0 bridgehead atoms. The van der Waals surface area contributed by atoms with E-state index in [-0.39, 0.29) is 11.4 Å². The van der Waals surface area contributed by atoms with E-state index in [0.717, 1.165) is 23.2 Å². The van der Waals surface area contributed by atoms with Crippen LogP contribution in [0.25, 0.3) is 11.3 Å². The molecule has 1 saturated heterocycles. The van der Waals surface area contributed by atoms with Gasteiger partial charge >= 0.3 is 0 Å². The Bertz CT molecular complexity index is 1030. The molecule has 3 aromatic rings. The third kappa shape index (κ3) is 4.01. The molecule has 1 aliphatic rings. The van der Waals surface area contributed by atoms with Gasteiger partial charge in [0.25, 0.3) is 5.56 Å². The number of piperazine rings is 1. The van der Waals surface area contributed by atoms with Gasteiger partial charge in [-0.1, -0.05) is 55.8 Å². The lowest BCUT2D eigenvalue weighted by molar-refractivity contribution is 0.593. The van der Waals surface area contributed by atoms with Crippen LogP contribution >= 0.6 is 0 Å². The highest BCUT2D eigenvalue weighted by Gasteiger charge is 2.22. The zero-order chi connectivity index (χ0) is 20.2. The number of halogens is 1. The number of aromatic amines is 1. The predicted octanol–water partition coefficient (Wildman–Crippen LogP) is 3.86. The predicted molar refractivity (Wildman–Crippen MR) is 115 cm³/mol. The summed E-state index contributed by atoms with van der Waals surface area (Å²) in [6, 6.07) is 16.7. The second kappa shape index (κ2) is 8.47. The standard InChI is InChI=1S/C23H25FN4O/c1-2-8-18-21(17-9-4-3-5-10-17)25-23(26-22(18)29)28-15-13-27(14-16-28)20-12-7-6-11-19(20)24/h3-7,9-12H,2,8,13-16H2,1H3,(H,25,26,29). The van der Waals surface area contributed by atoms with Crippen LogP contribution in [0.1, 0.15) is 18.9 Å². The summed E-state index contributed by atoms with van der Waals surface area (Å²) in [7, 11) is 0. The monoisotopic (exact) mass is 392 g/mol. The highest BCUT2D eigenvalue weighted by atomic mass is 19.1. The number of nitrogens with zero attached hydrogens (tertiary/aromatic N) is 3. The quantitative estimate of drug-likeness (QED) is 0.717. The Morgan fingerprint density at radius 2 is 1.62 bits per heavy atom. The van der Waals surface area contributed by atoms with E-state index in [9.17, 15) is 9.18 Å². The van der Waals surface area contributed by atoms with E-state index < -0.39 is 0 Å². The van der Waals surface area contributed by atoms with E-state index in [0.29, 0.717) is 44.2 Å². The molecule has 0 aliphatic carbocycles. The molecule has 0 atom stereocenters. The van der Waals surface area contributed by atoms with Gasteiger partial charge in [0.15, 0.2) is 0 Å². The minimum absolute atomic E-state index is 0.0766. The molecule has 5 nitrogen and oxygen atoms in total. The first-order chi connectivity index (χ1) is 14.2. The largest absolute Gasteiger partial charge is 0.366 e. The Morgan fingerprint density at radius 3 is 2.31 bits per heavy atom. The zero-order valence-corrected chi connectivity index (χ0v) is 16.6. The fourth-order valence-corrected chi connectivity index (χ4v) is 3.82. The van der Waals surface area contributed by atoms with Gasteiger partial charge in [0, 0.05) is 37.3 Å². The Hall–Kier alpha value is -3.15. The van der Waals surface area contributed by atoms with Crippen molar-refractivity contribution in [2.24, 2.45) is 0 Å². The lowest BCUT2D eigenvalue weighted by Crippen LogP contribution is -2.47. The number of aromatic nitrogens is 2. The van der Waals surface area contributed by atoms with Crippen molar-refractivity contribution in [2.75, 3.05) is 36.0 Å². The third-order valence-corrected chi connectivity index (χ3v) is 5.32. The van der Waals surface area contributed by atoms with E-state index in [2.05, 4.69) is 16.8 Å². The van der Waals surface area contributed by atoms with Crippen molar-refractivity contribution in [3.63, 3.8) is 0 Å². The molecule has 0 spiro atoms. The van der Waals surface area contributed by atoms with Crippen molar-refractivity contribution in [1.29, 1.82) is 0 Å². The molecule has 1 N–H and O–H groups in total. The minimum Gasteiger partial charge on any atom is -0.366 e. The van der Waals surface area contributed by atoms with Crippen LogP contribution in [-0.4, -0.2) is 36.1 Å². The topological polar surface area (TPSA) is 52.2 Å². The van der Waals surface area contributed by atoms with Crippen LogP contribution in [0.3, 0.4) is 0 Å². The van der Waals surface area contributed by atoms with Crippen LogP contribution in [0.15, 0.2) is 59.4 Å². The second-order valence-corrected chi connectivity index (χ2v) is 7.26. The van der Waals surface area contributed by atoms with Crippen LogP contribution in [0.4, 0.5) is 16.0 Å². The number of rotatable bonds is 5. The molecule has 0 amide bonds. The van der Waals surface area contributed by atoms with Crippen LogP contribution in [0, 0.1) is 5.82 Å². The lowest BCUT2D eigenvalue weighted by atomic mass is 10.0. The number of H-pyrrole nitrogens is 1. The van der Waals surface area contributed by atoms with Crippen molar-refractivity contribution < 1.29 is 4.39 Å². The van der Waals surface area contributed by atoms with E-state index in [4.69, 9.17) is 4.98 Å². The fourth-order valence-electron chi connectivity index (χ4n) is 3.82. The van der Waals surface area contributed by atoms with Crippen LogP contribution in [0.2, 0.25) is 0 Å². The molecule has 1 aliphatic heterocycles. The Morgan fingerprint density at radius 1 is 0.966 bits per heavy atom. The molecule has 0 radical (unpaired) electrons. The highest BCUT2D eigenvalue weighted by Crippen LogP contribution is 2.24. The van der Waals surface area contributed by atoms with Crippen LogP contribution in [-0.2, 0) is 6.42 Å². The molecule has 1 aromatic heterocycles. The molecule has 4 rings (SSSR count). The van der Waals surface area contributed by atoms with E-state index in [1.807, 2.05) is 41.3 Å². The van der Waals surface area contributed by atoms with Gasteiger partial charge in [-0.05, 0) is 18.6 Å². The summed E-state index contributed by atoms with van der Waals surface area (Å²) in [6.07, 6.45) is 1.57. The summed E-state index contributed by atoms with van der Waals surface area (Å²) >= 11 is 0. The fraction of sp³-hybridized carbons (Fsp3) is 0.304. The smallest absolute Gasteiger partial charge is 0.256 e. The van der Waals surface area contributed by atoms with Crippen molar-refractivity contribution in [3.05, 3.63) is 76.3 Å². The van der Waals surface area contributed by atoms with Crippen molar-refractivity contribution >= 4 is 11.6 Å². The van der Waals surface area contributed by atoms with E-state index >= 15 is 0 Å². The molecule has 2 heterocycles. The SMILES string of the molecule is CCCc1c(-c2ccccc2)nc(N2CCN(c3ccccc3F)CC2)[nH]c1=O. The molecular weight excluding hydrogens is 367 g/mol. The van der Waals surface area contributed by atoms with Gasteiger partial charge in [-0.25, -0.2) is 9.37 Å². The molecule has 29 heavy (non-hydrogen) atoms. The van der Waals surface area contributed by atoms with E-state index in [1.54, 1.807) is 12.1 Å². The maximum atomic E-state index is 14.1. The van der Waals surface area contributed by atoms with Crippen LogP contribution < -0.4 is 15.4 Å². The molecule has 6 heteroatoms. The van der Waals surface area contributed by atoms with Crippen molar-refractivity contribution in [2.45, 2.75) is 19.8 Å². The maximum Gasteiger partial charge on any atom is 0.256 e. The van der Waals surface area contributed by atoms with Gasteiger partial charge in [0.1, 0.15) is 5.82 Å². The summed E-state index contributed by atoms with van der Waals surface area (Å²) in [5, 5.41) is 0. The number of para-hydroxylation sites is 1. The Labute approximate surface area is 169 Å². The molecule has 0 saturated carbocycles. The normalized spacial score (nSPS) is 14.3. The van der Waals surface area contributed by atoms with E-state index in [1.165, 1.54) is 6.07 Å². The number of anilines is 2. The number of hydrogen-bond donors (Lipinski definition) is 1. The van der Waals surface area contributed by atoms with Gasteiger partial charge in [-0.3, -0.25) is 9.78 Å². The maximum absolute atomic E-state index is 14.1. The number of hydrogen-bond acceptors (Lipinski definition) is 4. The van der Waals surface area contributed by atoms with Gasteiger partial charge in [-0.2, -0.15) is 0 Å². The number of nitrogens with one attached hydrogen (secondary N) is 1. The summed E-state index contributed by atoms with van der Waals surface area (Å²) in [6.45, 7) is 4.73. The lowest BCUT2D eigenvalue weighted by Gasteiger charge is -2.36. The summed E-state index contributed by atoms with van der Waals surface area (Å²) < 4.78 is 14.1. The first-order valence-corrected chi connectivity index (χ1v) is 10.1. The number of benzene rings is 2. The van der Waals surface area contributed by atoms with Crippen LogP contribution in [0.5, 0.6) is 0 Å². The van der Waals surface area contributed by atoms with Crippen molar-refractivity contribution in [3.8, 4) is 11.3 Å². The Balaban J connectivity index is 1.60. The summed E-state index contributed by atoms with van der Waals surface area (Å²) in [5.41, 5.74) is 2.98. The zero-order valence-electron chi connectivity index (χ0n) is 16.6. The summed E-state index contributed by atoms with van der Waals surface area (Å²) in [5.74, 6) is 0.379. The molecule has 150 valence electrons. The van der Waals surface area contributed by atoms with Crippen molar-refractivity contribution in [1.82, 2.24) is 9.97 Å². The molecule has 0 unspecified atom stereocenters. The average molecular weight is 392 g/mol. The van der Waals surface area contributed by atoms with Gasteiger partial charge < -0.3 is 9.80 Å². The average Bonchev–Trinajstić information content (AvgIpc) is 2.76. The van der Waals surface area contributed by atoms with Gasteiger partial charge in [-0.15, -0.1) is 0 Å². The first kappa shape index (κ1) is 19.2. The second-order valence-electron chi connectivity index (χ2n) is 7.26. The minimum atomic E-state index is -0.206. The first-order valence-electron chi connectivity index (χ1n) is 10.1. The molecule has 1 fully saturated rings. The third-order valence-electron chi connectivity index (χ3n) is 5.32. The molecule has 2 aromatic carbocycles. The Kier molecular flexibility index (Phi) is 5.60. The van der Waals surface area contributed by atoms with Gasteiger partial charge in [0.05, 0.1) is 11.4 Å². The highest BCUT2D eigenvalue weighted by molar-refractivity contribution is 5.64. The molecular formula is C23H25FN4O. The summed E-state index contributed by atoms with van der Waals surface area (Å²) in [4.78, 5) is 24.7.